The van der Waals surface area contributed by atoms with Crippen molar-refractivity contribution >= 4 is 74.3 Å². The Morgan fingerprint density at radius 1 is 1.50 bits per heavy atom. The first kappa shape index (κ1) is 15.4. The van der Waals surface area contributed by atoms with Gasteiger partial charge in [0.05, 0.1) is 5.75 Å². The normalized spacial score (nSPS) is 9.83. The van der Waals surface area contributed by atoms with Crippen molar-refractivity contribution in [3.05, 3.63) is 12.2 Å². The van der Waals surface area contributed by atoms with Gasteiger partial charge in [-0.1, -0.05) is 6.58 Å². The van der Waals surface area contributed by atoms with E-state index in [9.17, 15) is 13.2 Å². The summed E-state index contributed by atoms with van der Waals surface area (Å²) in [5.74, 6) is -1.11. The first-order valence-corrected chi connectivity index (χ1v) is 4.58. The third-order valence-corrected chi connectivity index (χ3v) is 2.02. The van der Waals surface area contributed by atoms with Crippen LogP contribution in [0.25, 0.3) is 0 Å². The second-order valence-electron chi connectivity index (χ2n) is 2.00. The Morgan fingerprint density at radius 2 is 1.92 bits per heavy atom. The number of hydrogen-bond acceptors (Lipinski definition) is 4. The van der Waals surface area contributed by atoms with Crippen molar-refractivity contribution in [2.75, 3.05) is 5.75 Å². The molecule has 0 radical (unpaired) electrons. The standard InChI is InChI=1S/C6H10O4S.Rb.H/c1-4-11(8,9)10-6(7)5(2)3;;/h2,4H2,1,3H3;;. The fraction of sp³-hybridized carbons (Fsp3) is 0.500. The number of carbonyl (C=O) groups excluding carboxylic acids is 1. The van der Waals surface area contributed by atoms with E-state index in [1.54, 1.807) is 0 Å². The molecule has 0 aliphatic heterocycles. The summed E-state index contributed by atoms with van der Waals surface area (Å²) in [6.07, 6.45) is 0. The van der Waals surface area contributed by atoms with Gasteiger partial charge in [-0.05, 0) is 13.8 Å². The van der Waals surface area contributed by atoms with Crippen molar-refractivity contribution in [3.63, 3.8) is 0 Å². The van der Waals surface area contributed by atoms with Gasteiger partial charge in [0.25, 0.3) is 0 Å². The van der Waals surface area contributed by atoms with E-state index >= 15 is 0 Å². The molecule has 4 nitrogen and oxygen atoms in total. The molecule has 0 fully saturated rings. The van der Waals surface area contributed by atoms with Gasteiger partial charge in [0.1, 0.15) is 0 Å². The van der Waals surface area contributed by atoms with Gasteiger partial charge in [-0.25, -0.2) is 4.79 Å². The molecule has 0 N–H and O–H groups in total. The van der Waals surface area contributed by atoms with Crippen molar-refractivity contribution in [2.45, 2.75) is 13.8 Å². The molecule has 0 aromatic rings. The van der Waals surface area contributed by atoms with Crippen LogP contribution in [-0.4, -0.2) is 78.3 Å². The van der Waals surface area contributed by atoms with Crippen molar-refractivity contribution in [1.82, 2.24) is 0 Å². The molecule has 0 heterocycles. The average molecular weight is 265 g/mol. The van der Waals surface area contributed by atoms with E-state index in [1.165, 1.54) is 13.8 Å². The van der Waals surface area contributed by atoms with Gasteiger partial charge in [0.15, 0.2) is 0 Å². The van der Waals surface area contributed by atoms with Gasteiger partial charge in [-0.2, -0.15) is 8.42 Å². The Balaban J connectivity index is 0. The average Bonchev–Trinajstić information content (AvgIpc) is 1.87. The third-order valence-electron chi connectivity index (χ3n) is 0.905. The summed E-state index contributed by atoms with van der Waals surface area (Å²) in [7, 11) is -3.67. The first-order chi connectivity index (χ1) is 4.89. The van der Waals surface area contributed by atoms with Crippen LogP contribution < -0.4 is 0 Å². The monoisotopic (exact) mass is 264 g/mol. The second-order valence-corrected chi connectivity index (χ2v) is 3.86. The van der Waals surface area contributed by atoms with Gasteiger partial charge < -0.3 is 4.18 Å². The van der Waals surface area contributed by atoms with Crippen LogP contribution in [0.2, 0.25) is 0 Å². The van der Waals surface area contributed by atoms with E-state index in [-0.39, 0.29) is 69.5 Å². The van der Waals surface area contributed by atoms with Crippen LogP contribution in [0.4, 0.5) is 0 Å². The summed E-state index contributed by atoms with van der Waals surface area (Å²) in [6.45, 7) is 6.01. The van der Waals surface area contributed by atoms with E-state index in [2.05, 4.69) is 10.8 Å². The van der Waals surface area contributed by atoms with E-state index in [0.717, 1.165) is 0 Å². The van der Waals surface area contributed by atoms with Gasteiger partial charge in [-0.3, -0.25) is 0 Å². The van der Waals surface area contributed by atoms with Crippen LogP contribution in [0, 0.1) is 0 Å². The minimum absolute atomic E-state index is 0. The van der Waals surface area contributed by atoms with Crippen molar-refractivity contribution in [1.29, 1.82) is 0 Å². The zero-order valence-corrected chi connectivity index (χ0v) is 7.27. The summed E-state index contributed by atoms with van der Waals surface area (Å²) >= 11 is 0. The van der Waals surface area contributed by atoms with Crippen LogP contribution >= 0.6 is 0 Å². The number of hydrogen-bond donors (Lipinski definition) is 0. The molecule has 0 aliphatic carbocycles. The topological polar surface area (TPSA) is 60.4 Å². The van der Waals surface area contributed by atoms with Gasteiger partial charge >= 0.3 is 74.3 Å². The molecule has 0 bridgehead atoms. The fourth-order valence-electron chi connectivity index (χ4n) is 0.245. The molecular formula is C6H11O4RbS. The molecule has 12 heavy (non-hydrogen) atoms. The van der Waals surface area contributed by atoms with Gasteiger partial charge in [0, 0.05) is 5.57 Å². The second kappa shape index (κ2) is 6.42. The minimum atomic E-state index is -3.67. The van der Waals surface area contributed by atoms with Gasteiger partial charge in [0.2, 0.25) is 0 Å². The zero-order valence-electron chi connectivity index (χ0n) is 6.46. The Morgan fingerprint density at radius 3 is 2.17 bits per heavy atom. The Labute approximate surface area is 121 Å². The molecule has 0 saturated carbocycles. The van der Waals surface area contributed by atoms with E-state index in [1.807, 2.05) is 0 Å². The molecule has 66 valence electrons. The molecule has 6 heteroatoms. The molecule has 0 unspecified atom stereocenters. The molecule has 0 saturated heterocycles. The Hall–Kier alpha value is 0.965. The summed E-state index contributed by atoms with van der Waals surface area (Å²) < 4.78 is 25.3. The summed E-state index contributed by atoms with van der Waals surface area (Å²) in [6, 6.07) is 0. The number of rotatable bonds is 3. The Kier molecular flexibility index (Phi) is 8.26. The van der Waals surface area contributed by atoms with Crippen molar-refractivity contribution < 1.29 is 17.4 Å². The Bertz CT molecular complexity index is 267. The van der Waals surface area contributed by atoms with Crippen LogP contribution in [0.3, 0.4) is 0 Å². The van der Waals surface area contributed by atoms with Gasteiger partial charge in [-0.15, -0.1) is 0 Å². The third kappa shape index (κ3) is 6.48. The zero-order chi connectivity index (χ0) is 9.07. The quantitative estimate of drug-likeness (QED) is 0.524. The molecular weight excluding hydrogens is 254 g/mol. The van der Waals surface area contributed by atoms with Crippen LogP contribution in [0.1, 0.15) is 13.8 Å². The molecule has 0 amide bonds. The fourth-order valence-corrected chi connectivity index (χ4v) is 0.736. The predicted molar refractivity (Wildman–Crippen MR) is 47.5 cm³/mol. The molecule has 0 aliphatic rings. The summed E-state index contributed by atoms with van der Waals surface area (Å²) in [5.41, 5.74) is 0.0713. The van der Waals surface area contributed by atoms with Crippen LogP contribution in [0.5, 0.6) is 0 Å². The molecule has 0 aromatic heterocycles. The van der Waals surface area contributed by atoms with Crippen LogP contribution in [-0.2, 0) is 19.1 Å². The van der Waals surface area contributed by atoms with E-state index in [0.29, 0.717) is 0 Å². The maximum absolute atomic E-state index is 10.6. The first-order valence-electron chi connectivity index (χ1n) is 3.01. The van der Waals surface area contributed by atoms with Crippen molar-refractivity contribution in [3.8, 4) is 0 Å². The summed E-state index contributed by atoms with van der Waals surface area (Å²) in [5, 5.41) is 0. The SMILES string of the molecule is C=C(C)C(=O)OS(=O)(=O)CC.[RbH]. The molecule has 0 rings (SSSR count). The summed E-state index contributed by atoms with van der Waals surface area (Å²) in [4.78, 5) is 10.6. The van der Waals surface area contributed by atoms with Crippen molar-refractivity contribution in [2.24, 2.45) is 0 Å². The van der Waals surface area contributed by atoms with Crippen LogP contribution in [0.15, 0.2) is 12.2 Å². The van der Waals surface area contributed by atoms with E-state index < -0.39 is 16.1 Å². The maximum atomic E-state index is 10.6. The van der Waals surface area contributed by atoms with E-state index in [4.69, 9.17) is 0 Å². The molecule has 0 atom stereocenters. The number of carbonyl (C=O) groups is 1. The predicted octanol–water partition coefficient (Wildman–Crippen LogP) is -0.193. The molecule has 0 aromatic carbocycles. The molecule has 0 spiro atoms.